The van der Waals surface area contributed by atoms with E-state index in [-0.39, 0.29) is 0 Å². The zero-order chi connectivity index (χ0) is 13.0. The van der Waals surface area contributed by atoms with E-state index in [9.17, 15) is 0 Å². The Balaban J connectivity index is 2.01. The van der Waals surface area contributed by atoms with Gasteiger partial charge in [-0.2, -0.15) is 5.10 Å². The fourth-order valence-corrected chi connectivity index (χ4v) is 2.19. The number of aromatic amines is 1. The first-order valence-electron chi connectivity index (χ1n) is 5.67. The van der Waals surface area contributed by atoms with Crippen molar-refractivity contribution in [3.63, 3.8) is 0 Å². The van der Waals surface area contributed by atoms with E-state index in [0.29, 0.717) is 0 Å². The van der Waals surface area contributed by atoms with Crippen molar-refractivity contribution in [1.29, 1.82) is 0 Å². The van der Waals surface area contributed by atoms with Crippen LogP contribution in [0.5, 0.6) is 0 Å². The summed E-state index contributed by atoms with van der Waals surface area (Å²) in [5.74, 6) is 0. The Morgan fingerprint density at radius 3 is 2.83 bits per heavy atom. The van der Waals surface area contributed by atoms with Gasteiger partial charge >= 0.3 is 0 Å². The first-order valence-corrected chi connectivity index (χ1v) is 6.44. The first-order chi connectivity index (χ1) is 8.65. The molecule has 1 aromatic heterocycles. The van der Waals surface area contributed by atoms with E-state index in [1.54, 1.807) is 18.1 Å². The van der Waals surface area contributed by atoms with Gasteiger partial charge in [0.15, 0.2) is 0 Å². The molecule has 2 rings (SSSR count). The largest absolute Gasteiger partial charge is 0.304 e. The minimum atomic E-state index is 0.990. The summed E-state index contributed by atoms with van der Waals surface area (Å²) in [5, 5.41) is 7.79. The van der Waals surface area contributed by atoms with Crippen molar-refractivity contribution in [2.75, 3.05) is 7.05 Å². The smallest absolute Gasteiger partial charge is 0.112 e. The van der Waals surface area contributed by atoms with Crippen LogP contribution in [0, 0.1) is 13.8 Å². The summed E-state index contributed by atoms with van der Waals surface area (Å²) in [6.45, 7) is 4.16. The molecule has 0 fully saturated rings. The van der Waals surface area contributed by atoms with Crippen LogP contribution < -0.4 is 0 Å². The molecule has 0 atom stereocenters. The monoisotopic (exact) mass is 260 g/mol. The van der Waals surface area contributed by atoms with Crippen molar-refractivity contribution in [3.8, 4) is 0 Å². The molecule has 0 saturated heterocycles. The van der Waals surface area contributed by atoms with Crippen LogP contribution >= 0.6 is 11.9 Å². The predicted octanol–water partition coefficient (Wildman–Crippen LogP) is 3.33. The van der Waals surface area contributed by atoms with E-state index < -0.39 is 0 Å². The summed E-state index contributed by atoms with van der Waals surface area (Å²) in [6.07, 6.45) is 3.54. The molecule has 0 radical (unpaired) electrons. The Bertz CT molecular complexity index is 534. The van der Waals surface area contributed by atoms with Gasteiger partial charge in [-0.25, -0.2) is 4.99 Å². The van der Waals surface area contributed by atoms with Gasteiger partial charge in [0.05, 0.1) is 5.69 Å². The van der Waals surface area contributed by atoms with Crippen molar-refractivity contribution in [2.45, 2.75) is 18.9 Å². The van der Waals surface area contributed by atoms with Gasteiger partial charge < -0.3 is 4.31 Å². The molecule has 4 nitrogen and oxygen atoms in total. The molecule has 0 spiro atoms. The average molecular weight is 260 g/mol. The average Bonchev–Trinajstić information content (AvgIpc) is 2.80. The fourth-order valence-electron chi connectivity index (χ4n) is 1.57. The van der Waals surface area contributed by atoms with Crippen LogP contribution in [0.4, 0.5) is 5.69 Å². The van der Waals surface area contributed by atoms with E-state index >= 15 is 0 Å². The van der Waals surface area contributed by atoms with Crippen LogP contribution in [-0.2, 0) is 0 Å². The van der Waals surface area contributed by atoms with Crippen molar-refractivity contribution in [2.24, 2.45) is 4.99 Å². The Hall–Kier alpha value is -1.75. The lowest BCUT2D eigenvalue weighted by Gasteiger charge is -2.09. The quantitative estimate of drug-likeness (QED) is 0.521. The third kappa shape index (κ3) is 3.37. The molecule has 0 saturated carbocycles. The van der Waals surface area contributed by atoms with Crippen LogP contribution in [0.3, 0.4) is 0 Å². The molecule has 1 N–H and O–H groups in total. The van der Waals surface area contributed by atoms with E-state index in [4.69, 9.17) is 0 Å². The Morgan fingerprint density at radius 2 is 2.17 bits per heavy atom. The molecule has 18 heavy (non-hydrogen) atoms. The molecule has 1 heterocycles. The Kier molecular flexibility index (Phi) is 4.04. The van der Waals surface area contributed by atoms with E-state index in [1.165, 1.54) is 11.1 Å². The topological polar surface area (TPSA) is 44.3 Å². The standard InChI is InChI=1S/C13H16N4S/c1-10-4-5-12(11(2)8-10)14-9-17(3)18-13-6-7-15-16-13/h4-9H,1-3H3,(H,15,16). The van der Waals surface area contributed by atoms with Crippen LogP contribution in [0.2, 0.25) is 0 Å². The third-order valence-corrected chi connectivity index (χ3v) is 3.24. The number of aliphatic imine (C=N–C) groups is 1. The highest BCUT2D eigenvalue weighted by Crippen LogP contribution is 2.20. The van der Waals surface area contributed by atoms with Gasteiger partial charge in [-0.1, -0.05) is 17.7 Å². The second-order valence-corrected chi connectivity index (χ2v) is 5.29. The summed E-state index contributed by atoms with van der Waals surface area (Å²) in [5.41, 5.74) is 3.44. The normalized spacial score (nSPS) is 11.1. The van der Waals surface area contributed by atoms with Crippen molar-refractivity contribution in [3.05, 3.63) is 41.6 Å². The molecule has 0 aliphatic rings. The highest BCUT2D eigenvalue weighted by atomic mass is 32.2. The van der Waals surface area contributed by atoms with Crippen LogP contribution in [0.15, 0.2) is 40.5 Å². The van der Waals surface area contributed by atoms with E-state index in [0.717, 1.165) is 10.7 Å². The molecular formula is C13H16N4S. The molecule has 0 aliphatic carbocycles. The molecule has 94 valence electrons. The molecular weight excluding hydrogens is 244 g/mol. The van der Waals surface area contributed by atoms with Crippen LogP contribution in [0.1, 0.15) is 11.1 Å². The first kappa shape index (κ1) is 12.7. The molecule has 0 unspecified atom stereocenters. The van der Waals surface area contributed by atoms with E-state index in [2.05, 4.69) is 41.2 Å². The Morgan fingerprint density at radius 1 is 1.33 bits per heavy atom. The molecule has 0 bridgehead atoms. The number of nitrogens with one attached hydrogen (secondary N) is 1. The van der Waals surface area contributed by atoms with Gasteiger partial charge in [0.25, 0.3) is 0 Å². The van der Waals surface area contributed by atoms with Crippen molar-refractivity contribution in [1.82, 2.24) is 14.5 Å². The summed E-state index contributed by atoms with van der Waals surface area (Å²) in [4.78, 5) is 4.47. The lowest BCUT2D eigenvalue weighted by atomic mass is 10.1. The summed E-state index contributed by atoms with van der Waals surface area (Å²) in [7, 11) is 1.96. The number of H-pyrrole nitrogens is 1. The van der Waals surface area contributed by atoms with Gasteiger partial charge in [0.2, 0.25) is 0 Å². The molecule has 0 amide bonds. The lowest BCUT2D eigenvalue weighted by Crippen LogP contribution is -2.05. The van der Waals surface area contributed by atoms with Gasteiger partial charge in [-0.05, 0) is 31.5 Å². The molecule has 1 aromatic carbocycles. The minimum Gasteiger partial charge on any atom is -0.304 e. The summed E-state index contributed by atoms with van der Waals surface area (Å²) in [6, 6.07) is 8.17. The Labute approximate surface area is 111 Å². The van der Waals surface area contributed by atoms with Crippen molar-refractivity contribution < 1.29 is 0 Å². The third-order valence-electron chi connectivity index (χ3n) is 2.43. The van der Waals surface area contributed by atoms with Crippen LogP contribution in [-0.4, -0.2) is 27.9 Å². The molecule has 2 aromatic rings. The number of hydrogen-bond acceptors (Lipinski definition) is 3. The number of hydrogen-bond donors (Lipinski definition) is 1. The predicted molar refractivity (Wildman–Crippen MR) is 76.3 cm³/mol. The number of rotatable bonds is 4. The van der Waals surface area contributed by atoms with Gasteiger partial charge in [0, 0.05) is 25.2 Å². The number of aromatic nitrogens is 2. The lowest BCUT2D eigenvalue weighted by molar-refractivity contribution is 0.857. The molecule has 0 aliphatic heterocycles. The zero-order valence-corrected chi connectivity index (χ0v) is 11.5. The summed E-state index contributed by atoms with van der Waals surface area (Å²) < 4.78 is 1.94. The number of aryl methyl sites for hydroxylation is 2. The maximum absolute atomic E-state index is 4.47. The fraction of sp³-hybridized carbons (Fsp3) is 0.231. The van der Waals surface area contributed by atoms with Gasteiger partial charge in [0.1, 0.15) is 11.4 Å². The van der Waals surface area contributed by atoms with Crippen LogP contribution in [0.25, 0.3) is 0 Å². The minimum absolute atomic E-state index is 0.990. The maximum Gasteiger partial charge on any atom is 0.112 e. The highest BCUT2D eigenvalue weighted by Gasteiger charge is 1.99. The van der Waals surface area contributed by atoms with Gasteiger partial charge in [-0.15, -0.1) is 0 Å². The van der Waals surface area contributed by atoms with E-state index in [1.807, 2.05) is 29.8 Å². The van der Waals surface area contributed by atoms with Gasteiger partial charge in [-0.3, -0.25) is 5.10 Å². The molecule has 5 heteroatoms. The number of nitrogens with zero attached hydrogens (tertiary/aromatic N) is 3. The highest BCUT2D eigenvalue weighted by molar-refractivity contribution is 7.97. The summed E-state index contributed by atoms with van der Waals surface area (Å²) >= 11 is 1.54. The second-order valence-electron chi connectivity index (χ2n) is 4.09. The zero-order valence-electron chi connectivity index (χ0n) is 10.7. The maximum atomic E-state index is 4.47. The SMILES string of the molecule is Cc1ccc(N=CN(C)Sc2ccn[nH]2)c(C)c1. The number of benzene rings is 1. The second kappa shape index (κ2) is 5.73. The van der Waals surface area contributed by atoms with Crippen molar-refractivity contribution >= 4 is 24.0 Å².